The van der Waals surface area contributed by atoms with Gasteiger partial charge in [0.25, 0.3) is 5.56 Å². The fourth-order valence-corrected chi connectivity index (χ4v) is 2.49. The molecule has 7 heteroatoms. The Labute approximate surface area is 122 Å². The van der Waals surface area contributed by atoms with Crippen molar-refractivity contribution in [1.29, 1.82) is 0 Å². The zero-order chi connectivity index (χ0) is 14.8. The van der Waals surface area contributed by atoms with Crippen LogP contribution in [-0.2, 0) is 0 Å². The van der Waals surface area contributed by atoms with E-state index in [1.165, 1.54) is 5.69 Å². The molecule has 0 saturated carbocycles. The minimum Gasteiger partial charge on any atom is -0.368 e. The molecular weight excluding hydrogens is 268 g/mol. The third kappa shape index (κ3) is 2.54. The van der Waals surface area contributed by atoms with Crippen LogP contribution in [0.3, 0.4) is 0 Å². The highest BCUT2D eigenvalue weighted by Gasteiger charge is 2.21. The van der Waals surface area contributed by atoms with Crippen molar-refractivity contribution < 1.29 is 0 Å². The Morgan fingerprint density at radius 3 is 2.29 bits per heavy atom. The lowest BCUT2D eigenvalue weighted by molar-refractivity contribution is 0.616. The minimum atomic E-state index is -0.300. The minimum absolute atomic E-state index is 0.300. The molecule has 1 aliphatic heterocycles. The number of aromatic nitrogens is 3. The topological polar surface area (TPSA) is 80.3 Å². The zero-order valence-corrected chi connectivity index (χ0v) is 11.9. The van der Waals surface area contributed by atoms with Gasteiger partial charge in [0.1, 0.15) is 5.69 Å². The van der Waals surface area contributed by atoms with E-state index in [4.69, 9.17) is 5.84 Å². The molecule has 0 amide bonds. The Morgan fingerprint density at radius 2 is 1.62 bits per heavy atom. The summed E-state index contributed by atoms with van der Waals surface area (Å²) >= 11 is 0. The predicted molar refractivity (Wildman–Crippen MR) is 82.0 cm³/mol. The van der Waals surface area contributed by atoms with E-state index in [2.05, 4.69) is 27.2 Å². The Kier molecular flexibility index (Phi) is 3.47. The number of hydrogen-bond acceptors (Lipinski definition) is 6. The first-order valence-electron chi connectivity index (χ1n) is 6.93. The number of nitrogen functional groups attached to an aromatic ring is 1. The van der Waals surface area contributed by atoms with E-state index < -0.39 is 0 Å². The van der Waals surface area contributed by atoms with Gasteiger partial charge in [-0.2, -0.15) is 4.68 Å². The molecule has 0 radical (unpaired) electrons. The maximum atomic E-state index is 11.8. The van der Waals surface area contributed by atoms with Crippen molar-refractivity contribution in [2.24, 2.45) is 0 Å². The molecule has 2 aromatic rings. The predicted octanol–water partition coefficient (Wildman–Crippen LogP) is -0.0129. The van der Waals surface area contributed by atoms with Crippen LogP contribution < -0.4 is 21.2 Å². The molecule has 0 aliphatic carbocycles. The number of anilines is 2. The lowest BCUT2D eigenvalue weighted by atomic mass is 10.2. The van der Waals surface area contributed by atoms with Crippen LogP contribution in [0.15, 0.2) is 35.1 Å². The molecule has 3 rings (SSSR count). The Hall–Kier alpha value is -2.57. The van der Waals surface area contributed by atoms with E-state index in [9.17, 15) is 4.79 Å². The molecule has 2 N–H and O–H groups in total. The van der Waals surface area contributed by atoms with Crippen LogP contribution in [0.1, 0.15) is 5.69 Å². The molecular formula is C14H18N6O. The SMILES string of the molecule is Cc1nnc(N2CCN(c3ccccc3)CC2)n(N)c1=O. The molecule has 0 atom stereocenters. The third-order valence-electron chi connectivity index (χ3n) is 3.72. The summed E-state index contributed by atoms with van der Waals surface area (Å²) < 4.78 is 1.08. The van der Waals surface area contributed by atoms with Crippen LogP contribution >= 0.6 is 0 Å². The fraction of sp³-hybridized carbons (Fsp3) is 0.357. The number of hydrogen-bond donors (Lipinski definition) is 1. The number of nitrogens with two attached hydrogens (primary N) is 1. The number of nitrogens with zero attached hydrogens (tertiary/aromatic N) is 5. The molecule has 0 bridgehead atoms. The number of para-hydroxylation sites is 1. The summed E-state index contributed by atoms with van der Waals surface area (Å²) in [6.07, 6.45) is 0. The van der Waals surface area contributed by atoms with Gasteiger partial charge in [0.15, 0.2) is 0 Å². The van der Waals surface area contributed by atoms with Gasteiger partial charge in [0, 0.05) is 31.9 Å². The normalized spacial score (nSPS) is 15.3. The second-order valence-corrected chi connectivity index (χ2v) is 5.07. The first-order chi connectivity index (χ1) is 10.2. The maximum Gasteiger partial charge on any atom is 0.295 e. The van der Waals surface area contributed by atoms with Crippen LogP contribution in [0.2, 0.25) is 0 Å². The van der Waals surface area contributed by atoms with E-state index in [1.807, 2.05) is 23.1 Å². The molecule has 1 saturated heterocycles. The molecule has 1 aromatic heterocycles. The average Bonchev–Trinajstić information content (AvgIpc) is 2.54. The standard InChI is InChI=1S/C14H18N6O/c1-11-13(21)20(15)14(17-16-11)19-9-7-18(8-10-19)12-5-3-2-4-6-12/h2-6H,7-10,15H2,1H3. The van der Waals surface area contributed by atoms with E-state index in [-0.39, 0.29) is 5.56 Å². The number of piperazine rings is 1. The molecule has 0 unspecified atom stereocenters. The van der Waals surface area contributed by atoms with Gasteiger partial charge in [0.2, 0.25) is 5.95 Å². The maximum absolute atomic E-state index is 11.8. The highest BCUT2D eigenvalue weighted by molar-refractivity contribution is 5.48. The first-order valence-corrected chi connectivity index (χ1v) is 6.93. The molecule has 0 spiro atoms. The Balaban J connectivity index is 1.75. The van der Waals surface area contributed by atoms with Gasteiger partial charge in [-0.1, -0.05) is 18.2 Å². The van der Waals surface area contributed by atoms with E-state index >= 15 is 0 Å². The molecule has 2 heterocycles. The number of aryl methyl sites for hydroxylation is 1. The lowest BCUT2D eigenvalue weighted by Crippen LogP contribution is -2.49. The lowest BCUT2D eigenvalue weighted by Gasteiger charge is -2.36. The Bertz CT molecular complexity index is 676. The average molecular weight is 286 g/mol. The van der Waals surface area contributed by atoms with Crippen LogP contribution in [0.4, 0.5) is 11.6 Å². The fourth-order valence-electron chi connectivity index (χ4n) is 2.49. The van der Waals surface area contributed by atoms with Crippen molar-refractivity contribution in [3.8, 4) is 0 Å². The van der Waals surface area contributed by atoms with Crippen molar-refractivity contribution in [2.75, 3.05) is 41.8 Å². The molecule has 21 heavy (non-hydrogen) atoms. The molecule has 110 valence electrons. The number of rotatable bonds is 2. The molecule has 1 fully saturated rings. The van der Waals surface area contributed by atoms with Gasteiger partial charge in [0.05, 0.1) is 0 Å². The van der Waals surface area contributed by atoms with Gasteiger partial charge in [-0.25, -0.2) is 0 Å². The summed E-state index contributed by atoms with van der Waals surface area (Å²) in [5.74, 6) is 6.24. The van der Waals surface area contributed by atoms with Crippen LogP contribution in [0, 0.1) is 6.92 Å². The van der Waals surface area contributed by atoms with Crippen molar-refractivity contribution in [2.45, 2.75) is 6.92 Å². The van der Waals surface area contributed by atoms with Crippen molar-refractivity contribution in [1.82, 2.24) is 14.9 Å². The largest absolute Gasteiger partial charge is 0.368 e. The zero-order valence-electron chi connectivity index (χ0n) is 11.9. The van der Waals surface area contributed by atoms with Crippen molar-refractivity contribution in [3.05, 3.63) is 46.4 Å². The van der Waals surface area contributed by atoms with Crippen molar-refractivity contribution >= 4 is 11.6 Å². The summed E-state index contributed by atoms with van der Waals surface area (Å²) in [4.78, 5) is 16.1. The summed E-state index contributed by atoms with van der Waals surface area (Å²) in [5.41, 5.74) is 1.21. The Morgan fingerprint density at radius 1 is 1.00 bits per heavy atom. The number of benzene rings is 1. The third-order valence-corrected chi connectivity index (χ3v) is 3.72. The van der Waals surface area contributed by atoms with Crippen LogP contribution in [0.25, 0.3) is 0 Å². The molecule has 1 aliphatic rings. The van der Waals surface area contributed by atoms with E-state index in [1.54, 1.807) is 6.92 Å². The quantitative estimate of drug-likeness (QED) is 0.782. The van der Waals surface area contributed by atoms with Gasteiger partial charge < -0.3 is 15.6 Å². The highest BCUT2D eigenvalue weighted by atomic mass is 16.1. The molecule has 1 aromatic carbocycles. The first kappa shape index (κ1) is 13.4. The van der Waals surface area contributed by atoms with E-state index in [0.717, 1.165) is 30.9 Å². The summed E-state index contributed by atoms with van der Waals surface area (Å²) in [6.45, 7) is 4.82. The van der Waals surface area contributed by atoms with Gasteiger partial charge in [-0.3, -0.25) is 4.79 Å². The summed E-state index contributed by atoms with van der Waals surface area (Å²) in [7, 11) is 0. The van der Waals surface area contributed by atoms with Crippen LogP contribution in [-0.4, -0.2) is 41.1 Å². The second kappa shape index (κ2) is 5.43. The second-order valence-electron chi connectivity index (χ2n) is 5.07. The van der Waals surface area contributed by atoms with E-state index in [0.29, 0.717) is 11.6 Å². The van der Waals surface area contributed by atoms with Crippen molar-refractivity contribution in [3.63, 3.8) is 0 Å². The van der Waals surface area contributed by atoms with Gasteiger partial charge >= 0.3 is 0 Å². The van der Waals surface area contributed by atoms with Gasteiger partial charge in [-0.05, 0) is 19.1 Å². The van der Waals surface area contributed by atoms with Crippen LogP contribution in [0.5, 0.6) is 0 Å². The smallest absolute Gasteiger partial charge is 0.295 e. The van der Waals surface area contributed by atoms with Gasteiger partial charge in [-0.15, -0.1) is 10.2 Å². The molecule has 7 nitrogen and oxygen atoms in total. The monoisotopic (exact) mass is 286 g/mol. The highest BCUT2D eigenvalue weighted by Crippen LogP contribution is 2.17. The summed E-state index contributed by atoms with van der Waals surface area (Å²) in [6, 6.07) is 10.3. The summed E-state index contributed by atoms with van der Waals surface area (Å²) in [5, 5.41) is 7.93.